The summed E-state index contributed by atoms with van der Waals surface area (Å²) in [5.41, 5.74) is 0. The fraction of sp³-hybridized carbons (Fsp3) is 1.00. The van der Waals surface area contributed by atoms with E-state index in [0.717, 1.165) is 24.8 Å². The first kappa shape index (κ1) is 10.5. The topological polar surface area (TPSA) is 21.3 Å². The third-order valence-corrected chi connectivity index (χ3v) is 3.62. The molecule has 2 aliphatic rings. The van der Waals surface area contributed by atoms with Crippen molar-refractivity contribution in [3.8, 4) is 0 Å². The molecule has 1 N–H and O–H groups in total. The average molecular weight is 194 g/mol. The van der Waals surface area contributed by atoms with Gasteiger partial charge in [0.05, 0.1) is 12.7 Å². The number of nitrogens with one attached hydrogen (secondary N) is 1. The molecule has 2 rings (SSSR count). The summed E-state index contributed by atoms with van der Waals surface area (Å²) in [6.07, 6.45) is 7.38. The zero-order chi connectivity index (χ0) is 9.80. The van der Waals surface area contributed by atoms with E-state index in [0.29, 0.717) is 6.10 Å². The van der Waals surface area contributed by atoms with Gasteiger partial charge in [0.1, 0.15) is 7.28 Å². The molecule has 3 heteroatoms. The number of hydrogen-bond acceptors (Lipinski definition) is 2. The van der Waals surface area contributed by atoms with Crippen LogP contribution < -0.4 is 5.32 Å². The van der Waals surface area contributed by atoms with Gasteiger partial charge in [-0.2, -0.15) is 0 Å². The van der Waals surface area contributed by atoms with Crippen LogP contribution in [-0.4, -0.2) is 33.6 Å². The molecule has 79 valence electrons. The lowest BCUT2D eigenvalue weighted by molar-refractivity contribution is 0.0320. The third kappa shape index (κ3) is 2.51. The van der Waals surface area contributed by atoms with Crippen LogP contribution in [0.5, 0.6) is 0 Å². The minimum atomic E-state index is 0.528. The smallest absolute Gasteiger partial charge is 0.121 e. The van der Waals surface area contributed by atoms with E-state index in [-0.39, 0.29) is 0 Å². The summed E-state index contributed by atoms with van der Waals surface area (Å²) < 4.78 is 5.92. The van der Waals surface area contributed by atoms with Crippen LogP contribution in [0.1, 0.15) is 32.1 Å². The molecule has 0 saturated carbocycles. The largest absolute Gasteiger partial charge is 0.377 e. The predicted octanol–water partition coefficient (Wildman–Crippen LogP) is 1.85. The fourth-order valence-corrected chi connectivity index (χ4v) is 2.82. The van der Waals surface area contributed by atoms with Gasteiger partial charge in [-0.3, -0.25) is 0 Å². The van der Waals surface area contributed by atoms with Crippen molar-refractivity contribution in [3.63, 3.8) is 0 Å². The molecular formula is C11H21BNO. The Balaban J connectivity index is 1.75. The molecule has 0 aromatic carbocycles. The Bertz CT molecular complexity index is 177. The second kappa shape index (κ2) is 5.17. The normalized spacial score (nSPS) is 36.5. The van der Waals surface area contributed by atoms with Crippen molar-refractivity contribution in [2.75, 3.05) is 20.2 Å². The van der Waals surface area contributed by atoms with Gasteiger partial charge in [0.25, 0.3) is 0 Å². The van der Waals surface area contributed by atoms with Crippen molar-refractivity contribution in [1.29, 1.82) is 0 Å². The highest BCUT2D eigenvalue weighted by molar-refractivity contribution is 6.40. The van der Waals surface area contributed by atoms with E-state index >= 15 is 0 Å². The zero-order valence-electron chi connectivity index (χ0n) is 9.17. The summed E-state index contributed by atoms with van der Waals surface area (Å²) in [4.78, 5) is 0. The second-order valence-corrected chi connectivity index (χ2v) is 4.64. The van der Waals surface area contributed by atoms with E-state index < -0.39 is 0 Å². The van der Waals surface area contributed by atoms with E-state index in [4.69, 9.17) is 4.74 Å². The van der Waals surface area contributed by atoms with E-state index in [1.165, 1.54) is 32.1 Å². The monoisotopic (exact) mass is 194 g/mol. The molecule has 2 nitrogen and oxygen atoms in total. The Hall–Kier alpha value is -0.0151. The first-order valence-corrected chi connectivity index (χ1v) is 6.01. The summed E-state index contributed by atoms with van der Waals surface area (Å²) in [6, 6.07) is 0. The maximum absolute atomic E-state index is 5.92. The van der Waals surface area contributed by atoms with Crippen molar-refractivity contribution < 1.29 is 4.74 Å². The lowest BCUT2D eigenvalue weighted by atomic mass is 9.43. The molecule has 3 unspecified atom stereocenters. The molecule has 14 heavy (non-hydrogen) atoms. The van der Waals surface area contributed by atoms with Crippen LogP contribution in [0.15, 0.2) is 0 Å². The van der Waals surface area contributed by atoms with Gasteiger partial charge < -0.3 is 10.1 Å². The lowest BCUT2D eigenvalue weighted by Gasteiger charge is -2.39. The quantitative estimate of drug-likeness (QED) is 0.544. The SMILES string of the molecule is CNCCOC1CCC2[B]C1CCC2. The van der Waals surface area contributed by atoms with Gasteiger partial charge in [0.15, 0.2) is 0 Å². The number of hydrogen-bond donors (Lipinski definition) is 1. The fourth-order valence-electron chi connectivity index (χ4n) is 2.82. The first-order valence-electron chi connectivity index (χ1n) is 6.01. The molecule has 0 aromatic rings. The van der Waals surface area contributed by atoms with Crippen LogP contribution in [0.2, 0.25) is 11.6 Å². The molecule has 1 radical (unpaired) electrons. The number of rotatable bonds is 4. The van der Waals surface area contributed by atoms with Crippen molar-refractivity contribution in [3.05, 3.63) is 0 Å². The van der Waals surface area contributed by atoms with Crippen molar-refractivity contribution in [2.45, 2.75) is 49.8 Å². The molecule has 0 amide bonds. The zero-order valence-corrected chi connectivity index (χ0v) is 9.17. The van der Waals surface area contributed by atoms with Crippen LogP contribution in [0.25, 0.3) is 0 Å². The van der Waals surface area contributed by atoms with E-state index in [9.17, 15) is 0 Å². The van der Waals surface area contributed by atoms with Crippen LogP contribution in [0, 0.1) is 0 Å². The molecule has 0 spiro atoms. The predicted molar refractivity (Wildman–Crippen MR) is 60.0 cm³/mol. The van der Waals surface area contributed by atoms with Gasteiger partial charge >= 0.3 is 0 Å². The van der Waals surface area contributed by atoms with Crippen LogP contribution in [-0.2, 0) is 4.74 Å². The summed E-state index contributed by atoms with van der Waals surface area (Å²) in [5, 5.41) is 3.13. The second-order valence-electron chi connectivity index (χ2n) is 4.64. The molecule has 0 aliphatic carbocycles. The summed E-state index contributed by atoms with van der Waals surface area (Å²) >= 11 is 0. The highest BCUT2D eigenvalue weighted by Gasteiger charge is 2.34. The van der Waals surface area contributed by atoms with E-state index in [1.807, 2.05) is 7.05 Å². The highest BCUT2D eigenvalue weighted by Crippen LogP contribution is 2.42. The molecule has 2 bridgehead atoms. The number of fused-ring (bicyclic) bond motifs is 2. The Labute approximate surface area is 88.0 Å². The standard InChI is InChI=1S/C11H21BNO/c1-13-7-8-14-11-6-5-9-3-2-4-10(11)12-9/h9-11,13H,2-8H2,1H3. The lowest BCUT2D eigenvalue weighted by Crippen LogP contribution is -2.35. The average Bonchev–Trinajstić information content (AvgIpc) is 2.22. The van der Waals surface area contributed by atoms with Crippen molar-refractivity contribution in [2.24, 2.45) is 0 Å². The minimum absolute atomic E-state index is 0.528. The molecular weight excluding hydrogens is 173 g/mol. The molecule has 0 aromatic heterocycles. The summed E-state index contributed by atoms with van der Waals surface area (Å²) in [6.45, 7) is 1.85. The maximum atomic E-state index is 5.92. The molecule has 2 aliphatic heterocycles. The first-order chi connectivity index (χ1) is 6.90. The van der Waals surface area contributed by atoms with Crippen molar-refractivity contribution >= 4 is 7.28 Å². The minimum Gasteiger partial charge on any atom is -0.377 e. The Morgan fingerprint density at radius 2 is 2.21 bits per heavy atom. The van der Waals surface area contributed by atoms with E-state index in [1.54, 1.807) is 0 Å². The van der Waals surface area contributed by atoms with Gasteiger partial charge in [-0.25, -0.2) is 0 Å². The van der Waals surface area contributed by atoms with Gasteiger partial charge in [-0.05, 0) is 19.3 Å². The van der Waals surface area contributed by atoms with Crippen LogP contribution in [0.4, 0.5) is 0 Å². The Morgan fingerprint density at radius 1 is 1.29 bits per heavy atom. The summed E-state index contributed by atoms with van der Waals surface area (Å²) in [7, 11) is 4.55. The van der Waals surface area contributed by atoms with Crippen LogP contribution >= 0.6 is 0 Å². The van der Waals surface area contributed by atoms with Gasteiger partial charge in [0.2, 0.25) is 0 Å². The third-order valence-electron chi connectivity index (χ3n) is 3.62. The molecule has 3 atom stereocenters. The van der Waals surface area contributed by atoms with Gasteiger partial charge in [0, 0.05) is 6.54 Å². The van der Waals surface area contributed by atoms with Crippen LogP contribution in [0.3, 0.4) is 0 Å². The molecule has 2 saturated heterocycles. The Kier molecular flexibility index (Phi) is 3.88. The van der Waals surface area contributed by atoms with Gasteiger partial charge in [-0.1, -0.05) is 31.5 Å². The van der Waals surface area contributed by atoms with E-state index in [2.05, 4.69) is 12.6 Å². The maximum Gasteiger partial charge on any atom is 0.121 e. The summed E-state index contributed by atoms with van der Waals surface area (Å²) in [5.74, 6) is 1.68. The number of likely N-dealkylation sites (N-methyl/N-ethyl adjacent to an activating group) is 1. The molecule has 2 fully saturated rings. The molecule has 2 heterocycles. The number of ether oxygens (including phenoxy) is 1. The highest BCUT2D eigenvalue weighted by atomic mass is 16.5. The van der Waals surface area contributed by atoms with Gasteiger partial charge in [-0.15, -0.1) is 0 Å². The van der Waals surface area contributed by atoms with Crippen molar-refractivity contribution in [1.82, 2.24) is 5.32 Å². The Morgan fingerprint density at radius 3 is 3.07 bits per heavy atom.